The predicted molar refractivity (Wildman–Crippen MR) is 212 cm³/mol. The number of para-hydroxylation sites is 4. The molecule has 6 nitrogen and oxygen atoms in total. The number of hydrogen-bond donors (Lipinski definition) is 0. The van der Waals surface area contributed by atoms with Crippen LogP contribution in [0.4, 0.5) is 0 Å². The Balaban J connectivity index is 1.07. The average Bonchev–Trinajstić information content (AvgIpc) is 3.73. The van der Waals surface area contributed by atoms with Gasteiger partial charge in [0.25, 0.3) is 0 Å². The van der Waals surface area contributed by atoms with Gasteiger partial charge in [-0.1, -0.05) is 72.8 Å². The maximum absolute atomic E-state index is 4.83. The average molecular weight is 665 g/mol. The van der Waals surface area contributed by atoms with Crippen LogP contribution in [0.2, 0.25) is 0 Å². The molecular weight excluding hydrogens is 637 g/mol. The first kappa shape index (κ1) is 28.6. The Bertz CT molecular complexity index is 2960. The molecule has 0 N–H and O–H groups in total. The van der Waals surface area contributed by atoms with Crippen LogP contribution in [0.3, 0.4) is 0 Å². The Morgan fingerprint density at radius 2 is 0.750 bits per heavy atom. The molecule has 242 valence electrons. The van der Waals surface area contributed by atoms with Crippen LogP contribution in [0.15, 0.2) is 170 Å². The van der Waals surface area contributed by atoms with Crippen LogP contribution >= 0.6 is 0 Å². The maximum Gasteiger partial charge on any atom is 0.159 e. The number of benzene rings is 7. The van der Waals surface area contributed by atoms with E-state index in [2.05, 4.69) is 128 Å². The van der Waals surface area contributed by atoms with Gasteiger partial charge in [0.05, 0.1) is 33.1 Å². The lowest BCUT2D eigenvalue weighted by molar-refractivity contribution is 1.17. The molecule has 11 rings (SSSR count). The molecule has 52 heavy (non-hydrogen) atoms. The first-order valence-corrected chi connectivity index (χ1v) is 17.4. The van der Waals surface area contributed by atoms with Gasteiger partial charge in [-0.3, -0.25) is 0 Å². The molecule has 0 aliphatic carbocycles. The third kappa shape index (κ3) is 4.31. The Kier molecular flexibility index (Phi) is 6.15. The fourth-order valence-corrected chi connectivity index (χ4v) is 7.82. The third-order valence-electron chi connectivity index (χ3n) is 10.2. The Labute approximate surface area is 297 Å². The standard InChI is InChI=1S/C46H28N6/c1-5-13-37-31(9-1)27-47-45(49-37)29-17-21-33(22-18-29)51-39-15-7-3-11-35(39)43-41(51)25-26-42-44(43)36-12-4-8-16-40(36)52(42)34-23-19-30(20-24-34)46-48-28-32-10-2-6-14-38(32)50-46/h1-28H. The minimum absolute atomic E-state index is 0.722. The van der Waals surface area contributed by atoms with Crippen molar-refractivity contribution in [3.8, 4) is 34.2 Å². The van der Waals surface area contributed by atoms with Gasteiger partial charge in [0.2, 0.25) is 0 Å². The van der Waals surface area contributed by atoms with Crippen molar-refractivity contribution >= 4 is 65.4 Å². The SMILES string of the molecule is c1ccc2nc(-c3ccc(-n4c5ccccc5c5c6c7ccccc7n(-c7ccc(-c8ncc9ccccc9n8)cc7)c6ccc54)cc3)ncc2c1. The van der Waals surface area contributed by atoms with Gasteiger partial charge in [-0.2, -0.15) is 0 Å². The summed E-state index contributed by atoms with van der Waals surface area (Å²) in [6, 6.07) is 55.3. The van der Waals surface area contributed by atoms with Crippen LogP contribution in [0.5, 0.6) is 0 Å². The molecule has 0 radical (unpaired) electrons. The lowest BCUT2D eigenvalue weighted by Gasteiger charge is -2.10. The smallest absolute Gasteiger partial charge is 0.159 e. The minimum Gasteiger partial charge on any atom is -0.309 e. The molecule has 0 aliphatic rings. The normalized spacial score (nSPS) is 11.8. The van der Waals surface area contributed by atoms with E-state index in [1.807, 2.05) is 60.9 Å². The van der Waals surface area contributed by atoms with E-state index >= 15 is 0 Å². The number of hydrogen-bond acceptors (Lipinski definition) is 4. The van der Waals surface area contributed by atoms with Crippen LogP contribution < -0.4 is 0 Å². The van der Waals surface area contributed by atoms with Gasteiger partial charge in [-0.05, 0) is 84.9 Å². The summed E-state index contributed by atoms with van der Waals surface area (Å²) in [7, 11) is 0. The zero-order chi connectivity index (χ0) is 34.2. The van der Waals surface area contributed by atoms with E-state index in [4.69, 9.17) is 9.97 Å². The summed E-state index contributed by atoms with van der Waals surface area (Å²) >= 11 is 0. The second-order valence-corrected chi connectivity index (χ2v) is 13.2. The largest absolute Gasteiger partial charge is 0.309 e. The first-order chi connectivity index (χ1) is 25.8. The summed E-state index contributed by atoms with van der Waals surface area (Å²) < 4.78 is 4.75. The quantitative estimate of drug-likeness (QED) is 0.188. The molecule has 0 fully saturated rings. The van der Waals surface area contributed by atoms with Crippen LogP contribution in [0, 0.1) is 0 Å². The van der Waals surface area contributed by atoms with Gasteiger partial charge in [0.1, 0.15) is 0 Å². The zero-order valence-electron chi connectivity index (χ0n) is 27.8. The molecule has 11 aromatic rings. The number of nitrogens with zero attached hydrogens (tertiary/aromatic N) is 6. The molecule has 4 heterocycles. The molecular formula is C46H28N6. The van der Waals surface area contributed by atoms with Gasteiger partial charge in [0.15, 0.2) is 11.6 Å². The highest BCUT2D eigenvalue weighted by molar-refractivity contribution is 6.28. The molecule has 0 atom stereocenters. The highest BCUT2D eigenvalue weighted by Gasteiger charge is 2.20. The van der Waals surface area contributed by atoms with E-state index in [-0.39, 0.29) is 0 Å². The maximum atomic E-state index is 4.83. The van der Waals surface area contributed by atoms with Crippen LogP contribution in [-0.2, 0) is 0 Å². The summed E-state index contributed by atoms with van der Waals surface area (Å²) in [6.07, 6.45) is 3.79. The van der Waals surface area contributed by atoms with Gasteiger partial charge < -0.3 is 9.13 Å². The van der Waals surface area contributed by atoms with E-state index in [1.165, 1.54) is 21.5 Å². The highest BCUT2D eigenvalue weighted by Crippen LogP contribution is 2.42. The fourth-order valence-electron chi connectivity index (χ4n) is 7.82. The summed E-state index contributed by atoms with van der Waals surface area (Å²) in [5, 5.41) is 6.99. The lowest BCUT2D eigenvalue weighted by Crippen LogP contribution is -1.96. The van der Waals surface area contributed by atoms with E-state index < -0.39 is 0 Å². The van der Waals surface area contributed by atoms with Crippen molar-refractivity contribution in [1.82, 2.24) is 29.1 Å². The van der Waals surface area contributed by atoms with E-state index in [0.29, 0.717) is 0 Å². The molecule has 0 amide bonds. The number of fused-ring (bicyclic) bond motifs is 9. The summed E-state index contributed by atoms with van der Waals surface area (Å²) in [6.45, 7) is 0. The van der Waals surface area contributed by atoms with E-state index in [1.54, 1.807) is 0 Å². The van der Waals surface area contributed by atoms with Crippen LogP contribution in [0.1, 0.15) is 0 Å². The van der Waals surface area contributed by atoms with E-state index in [9.17, 15) is 0 Å². The Morgan fingerprint density at radius 3 is 1.21 bits per heavy atom. The molecule has 0 bridgehead atoms. The molecule has 0 saturated heterocycles. The van der Waals surface area contributed by atoms with Crippen molar-refractivity contribution in [3.63, 3.8) is 0 Å². The van der Waals surface area contributed by atoms with Gasteiger partial charge >= 0.3 is 0 Å². The van der Waals surface area contributed by atoms with Gasteiger partial charge in [-0.25, -0.2) is 19.9 Å². The van der Waals surface area contributed by atoms with Crippen molar-refractivity contribution in [2.24, 2.45) is 0 Å². The van der Waals surface area contributed by atoms with Crippen molar-refractivity contribution in [2.45, 2.75) is 0 Å². The van der Waals surface area contributed by atoms with Crippen LogP contribution in [-0.4, -0.2) is 29.1 Å². The topological polar surface area (TPSA) is 61.4 Å². The molecule has 6 heteroatoms. The lowest BCUT2D eigenvalue weighted by atomic mass is 10.1. The molecule has 0 aliphatic heterocycles. The van der Waals surface area contributed by atoms with Crippen molar-refractivity contribution in [1.29, 1.82) is 0 Å². The molecule has 0 saturated carbocycles. The fraction of sp³-hybridized carbons (Fsp3) is 0. The molecule has 0 spiro atoms. The van der Waals surface area contributed by atoms with Crippen molar-refractivity contribution < 1.29 is 0 Å². The monoisotopic (exact) mass is 664 g/mol. The number of rotatable bonds is 4. The molecule has 7 aromatic carbocycles. The third-order valence-corrected chi connectivity index (χ3v) is 10.2. The summed E-state index contributed by atoms with van der Waals surface area (Å²) in [5.74, 6) is 1.44. The van der Waals surface area contributed by atoms with Gasteiger partial charge in [0, 0.05) is 67.2 Å². The molecule has 0 unspecified atom stereocenters. The summed E-state index contributed by atoms with van der Waals surface area (Å²) in [5.41, 5.74) is 10.7. The molecule has 4 aromatic heterocycles. The first-order valence-electron chi connectivity index (χ1n) is 17.4. The Morgan fingerprint density at radius 1 is 0.346 bits per heavy atom. The summed E-state index contributed by atoms with van der Waals surface area (Å²) in [4.78, 5) is 19.0. The second kappa shape index (κ2) is 11.2. The van der Waals surface area contributed by atoms with E-state index in [0.717, 1.165) is 78.0 Å². The minimum atomic E-state index is 0.722. The Hall–Kier alpha value is -7.18. The number of aromatic nitrogens is 6. The predicted octanol–water partition coefficient (Wildman–Crippen LogP) is 11.1. The second-order valence-electron chi connectivity index (χ2n) is 13.2. The highest BCUT2D eigenvalue weighted by atomic mass is 15.0. The zero-order valence-corrected chi connectivity index (χ0v) is 27.8. The van der Waals surface area contributed by atoms with Gasteiger partial charge in [-0.15, -0.1) is 0 Å². The van der Waals surface area contributed by atoms with Crippen molar-refractivity contribution in [2.75, 3.05) is 0 Å². The van der Waals surface area contributed by atoms with Crippen molar-refractivity contribution in [3.05, 3.63) is 170 Å². The van der Waals surface area contributed by atoms with Crippen LogP contribution in [0.25, 0.3) is 99.6 Å².